The number of hydrogen-bond donors (Lipinski definition) is 0. The van der Waals surface area contributed by atoms with Crippen molar-refractivity contribution in [2.45, 2.75) is 25.4 Å². The number of ether oxygens (including phenoxy) is 1. The minimum atomic E-state index is -0.196. The summed E-state index contributed by atoms with van der Waals surface area (Å²) < 4.78 is 5.24. The molecule has 1 saturated carbocycles. The summed E-state index contributed by atoms with van der Waals surface area (Å²) in [7, 11) is 1.62. The van der Waals surface area contributed by atoms with Gasteiger partial charge in [0.2, 0.25) is 0 Å². The average Bonchev–Trinajstić information content (AvgIpc) is 3.04. The molecule has 0 bridgehead atoms. The highest BCUT2D eigenvalue weighted by Crippen LogP contribution is 2.34. The Labute approximate surface area is 89.5 Å². The summed E-state index contributed by atoms with van der Waals surface area (Å²) >= 11 is 0. The lowest BCUT2D eigenvalue weighted by molar-refractivity contribution is -0.129. The van der Waals surface area contributed by atoms with Crippen molar-refractivity contribution in [2.75, 3.05) is 7.11 Å². The van der Waals surface area contributed by atoms with Crippen LogP contribution in [0.1, 0.15) is 18.4 Å². The molecule has 1 fully saturated rings. The van der Waals surface area contributed by atoms with E-state index >= 15 is 0 Å². The van der Waals surface area contributed by atoms with Gasteiger partial charge in [0.15, 0.2) is 5.78 Å². The SMILES string of the molecule is COC(C(=O)Cc1ccncc1)C1CC1. The number of carbonyl (C=O) groups is 1. The quantitative estimate of drug-likeness (QED) is 0.733. The van der Waals surface area contributed by atoms with E-state index in [1.54, 1.807) is 19.5 Å². The molecule has 3 nitrogen and oxygen atoms in total. The van der Waals surface area contributed by atoms with Crippen molar-refractivity contribution in [3.63, 3.8) is 0 Å². The Balaban J connectivity index is 1.96. The van der Waals surface area contributed by atoms with Gasteiger partial charge in [-0.3, -0.25) is 9.78 Å². The van der Waals surface area contributed by atoms with E-state index in [1.165, 1.54) is 0 Å². The first-order chi connectivity index (χ1) is 7.31. The second-order valence-corrected chi connectivity index (χ2v) is 3.99. The van der Waals surface area contributed by atoms with Gasteiger partial charge in [0.1, 0.15) is 6.10 Å². The van der Waals surface area contributed by atoms with Crippen LogP contribution in [0.2, 0.25) is 0 Å². The second kappa shape index (κ2) is 4.53. The summed E-state index contributed by atoms with van der Waals surface area (Å²) in [5, 5.41) is 0. The molecular weight excluding hydrogens is 190 g/mol. The van der Waals surface area contributed by atoms with Gasteiger partial charge in [-0.05, 0) is 36.5 Å². The van der Waals surface area contributed by atoms with E-state index < -0.39 is 0 Å². The Morgan fingerprint density at radius 3 is 2.73 bits per heavy atom. The average molecular weight is 205 g/mol. The molecule has 1 aliphatic rings. The fourth-order valence-electron chi connectivity index (χ4n) is 1.79. The molecule has 1 unspecified atom stereocenters. The summed E-state index contributed by atoms with van der Waals surface area (Å²) in [6, 6.07) is 3.75. The van der Waals surface area contributed by atoms with Crippen LogP contribution < -0.4 is 0 Å². The van der Waals surface area contributed by atoms with Crippen LogP contribution in [0, 0.1) is 5.92 Å². The van der Waals surface area contributed by atoms with Gasteiger partial charge < -0.3 is 4.74 Å². The molecule has 0 saturated heterocycles. The third kappa shape index (κ3) is 2.63. The van der Waals surface area contributed by atoms with Gasteiger partial charge in [0.05, 0.1) is 0 Å². The van der Waals surface area contributed by atoms with Gasteiger partial charge in [-0.15, -0.1) is 0 Å². The fourth-order valence-corrected chi connectivity index (χ4v) is 1.79. The third-order valence-electron chi connectivity index (χ3n) is 2.75. The van der Waals surface area contributed by atoms with E-state index in [9.17, 15) is 4.79 Å². The number of Topliss-reactive ketones (excluding diaryl/α,β-unsaturated/α-hetero) is 1. The maximum absolute atomic E-state index is 11.9. The smallest absolute Gasteiger partial charge is 0.166 e. The predicted molar refractivity (Wildman–Crippen MR) is 56.5 cm³/mol. The lowest BCUT2D eigenvalue weighted by Crippen LogP contribution is -2.26. The third-order valence-corrected chi connectivity index (χ3v) is 2.75. The highest BCUT2D eigenvalue weighted by atomic mass is 16.5. The number of aromatic nitrogens is 1. The monoisotopic (exact) mass is 205 g/mol. The lowest BCUT2D eigenvalue weighted by Gasteiger charge is -2.12. The minimum absolute atomic E-state index is 0.186. The molecule has 1 aromatic heterocycles. The number of hydrogen-bond acceptors (Lipinski definition) is 3. The number of nitrogens with zero attached hydrogens (tertiary/aromatic N) is 1. The molecule has 15 heavy (non-hydrogen) atoms. The van der Waals surface area contributed by atoms with Gasteiger partial charge in [0, 0.05) is 25.9 Å². The largest absolute Gasteiger partial charge is 0.373 e. The Kier molecular flexibility index (Phi) is 3.11. The first-order valence-corrected chi connectivity index (χ1v) is 5.25. The Morgan fingerprint density at radius 1 is 1.53 bits per heavy atom. The van der Waals surface area contributed by atoms with Gasteiger partial charge in [-0.1, -0.05) is 0 Å². The van der Waals surface area contributed by atoms with Gasteiger partial charge in [-0.2, -0.15) is 0 Å². The second-order valence-electron chi connectivity index (χ2n) is 3.99. The molecule has 1 aromatic rings. The van der Waals surface area contributed by atoms with Crippen molar-refractivity contribution in [2.24, 2.45) is 5.92 Å². The minimum Gasteiger partial charge on any atom is -0.373 e. The van der Waals surface area contributed by atoms with Crippen molar-refractivity contribution in [1.82, 2.24) is 4.98 Å². The molecule has 1 atom stereocenters. The van der Waals surface area contributed by atoms with Crippen LogP contribution in [0.4, 0.5) is 0 Å². The number of rotatable bonds is 5. The zero-order chi connectivity index (χ0) is 10.7. The van der Waals surface area contributed by atoms with E-state index in [0.717, 1.165) is 18.4 Å². The molecule has 0 aromatic carbocycles. The van der Waals surface area contributed by atoms with Crippen LogP contribution in [0.25, 0.3) is 0 Å². The Hall–Kier alpha value is -1.22. The van der Waals surface area contributed by atoms with E-state index in [4.69, 9.17) is 4.74 Å². The van der Waals surface area contributed by atoms with E-state index in [-0.39, 0.29) is 11.9 Å². The van der Waals surface area contributed by atoms with Crippen molar-refractivity contribution < 1.29 is 9.53 Å². The van der Waals surface area contributed by atoms with Gasteiger partial charge in [-0.25, -0.2) is 0 Å². The number of pyridine rings is 1. The maximum Gasteiger partial charge on any atom is 0.166 e. The molecule has 80 valence electrons. The summed E-state index contributed by atoms with van der Waals surface area (Å²) in [5.41, 5.74) is 1.01. The summed E-state index contributed by atoms with van der Waals surface area (Å²) in [6.07, 6.45) is 5.93. The number of ketones is 1. The van der Waals surface area contributed by atoms with E-state index in [2.05, 4.69) is 4.98 Å². The van der Waals surface area contributed by atoms with Crippen LogP contribution in [0.5, 0.6) is 0 Å². The van der Waals surface area contributed by atoms with Crippen LogP contribution in [0.15, 0.2) is 24.5 Å². The molecule has 0 spiro atoms. The molecule has 1 aliphatic carbocycles. The first-order valence-electron chi connectivity index (χ1n) is 5.25. The zero-order valence-corrected chi connectivity index (χ0v) is 8.85. The molecule has 2 rings (SSSR count). The zero-order valence-electron chi connectivity index (χ0n) is 8.85. The highest BCUT2D eigenvalue weighted by Gasteiger charge is 2.35. The Morgan fingerprint density at radius 2 is 2.20 bits per heavy atom. The van der Waals surface area contributed by atoms with Crippen LogP contribution in [0.3, 0.4) is 0 Å². The molecule has 0 amide bonds. The normalized spacial score (nSPS) is 17.4. The van der Waals surface area contributed by atoms with Crippen LogP contribution >= 0.6 is 0 Å². The first kappa shape index (κ1) is 10.3. The maximum atomic E-state index is 11.9. The van der Waals surface area contributed by atoms with Gasteiger partial charge >= 0.3 is 0 Å². The molecule has 0 radical (unpaired) electrons. The van der Waals surface area contributed by atoms with Crippen LogP contribution in [-0.4, -0.2) is 24.0 Å². The summed E-state index contributed by atoms with van der Waals surface area (Å²) in [4.78, 5) is 15.8. The molecule has 0 N–H and O–H groups in total. The molecule has 3 heteroatoms. The Bertz CT molecular complexity index is 333. The lowest BCUT2D eigenvalue weighted by atomic mass is 10.0. The van der Waals surface area contributed by atoms with E-state index in [0.29, 0.717) is 12.3 Å². The van der Waals surface area contributed by atoms with Crippen molar-refractivity contribution in [1.29, 1.82) is 0 Å². The van der Waals surface area contributed by atoms with Crippen LogP contribution in [-0.2, 0) is 16.0 Å². The van der Waals surface area contributed by atoms with Gasteiger partial charge in [0.25, 0.3) is 0 Å². The standard InChI is InChI=1S/C12H15NO2/c1-15-12(10-2-3-10)11(14)8-9-4-6-13-7-5-9/h4-7,10,12H,2-3,8H2,1H3. The molecular formula is C12H15NO2. The fraction of sp³-hybridized carbons (Fsp3) is 0.500. The molecule has 0 aliphatic heterocycles. The molecule has 1 heterocycles. The number of methoxy groups -OCH3 is 1. The topological polar surface area (TPSA) is 39.2 Å². The summed E-state index contributed by atoms with van der Waals surface area (Å²) in [5.74, 6) is 0.649. The van der Waals surface area contributed by atoms with Crippen molar-refractivity contribution in [3.05, 3.63) is 30.1 Å². The van der Waals surface area contributed by atoms with Crippen molar-refractivity contribution in [3.8, 4) is 0 Å². The predicted octanol–water partition coefficient (Wildman–Crippen LogP) is 1.62. The van der Waals surface area contributed by atoms with E-state index in [1.807, 2.05) is 12.1 Å². The van der Waals surface area contributed by atoms with Crippen molar-refractivity contribution >= 4 is 5.78 Å². The highest BCUT2D eigenvalue weighted by molar-refractivity contribution is 5.85. The summed E-state index contributed by atoms with van der Waals surface area (Å²) in [6.45, 7) is 0. The number of carbonyl (C=O) groups excluding carboxylic acids is 1.